The van der Waals surface area contributed by atoms with Crippen molar-refractivity contribution in [1.29, 1.82) is 0 Å². The molecule has 2 fully saturated rings. The molecule has 1 atom stereocenters. The molecular formula is C16H26N2O4S. The Hall–Kier alpha value is -0.890. The van der Waals surface area contributed by atoms with Crippen molar-refractivity contribution in [2.75, 3.05) is 32.5 Å². The van der Waals surface area contributed by atoms with E-state index in [1.54, 1.807) is 17.5 Å². The highest BCUT2D eigenvalue weighted by Gasteiger charge is 2.45. The number of hydrogen-bond donors (Lipinski definition) is 0. The van der Waals surface area contributed by atoms with Crippen LogP contribution in [-0.4, -0.2) is 61.8 Å². The quantitative estimate of drug-likeness (QED) is 0.815. The lowest BCUT2D eigenvalue weighted by molar-refractivity contribution is -0.0316. The maximum absolute atomic E-state index is 12.0. The lowest BCUT2D eigenvalue weighted by atomic mass is 9.88. The van der Waals surface area contributed by atoms with Gasteiger partial charge in [0.25, 0.3) is 0 Å². The van der Waals surface area contributed by atoms with Crippen molar-refractivity contribution in [1.82, 2.24) is 9.21 Å². The highest BCUT2D eigenvalue weighted by molar-refractivity contribution is 7.89. The molecular weight excluding hydrogens is 316 g/mol. The molecule has 7 heteroatoms. The number of likely N-dealkylation sites (N-methyl/N-ethyl adjacent to an activating group) is 1. The van der Waals surface area contributed by atoms with E-state index < -0.39 is 10.0 Å². The van der Waals surface area contributed by atoms with Gasteiger partial charge in [-0.3, -0.25) is 4.90 Å². The standard InChI is InChI=1S/C16H26N2O4S/c1-3-23(19,20)18-8-6-16(7-9-18)11-14(13-22-16)17(2)12-15-5-4-10-21-15/h4-5,10,14H,3,6-9,11-13H2,1-2H3/t14-/m1/s1. The van der Waals surface area contributed by atoms with E-state index in [9.17, 15) is 8.42 Å². The zero-order valence-corrected chi connectivity index (χ0v) is 14.7. The summed E-state index contributed by atoms with van der Waals surface area (Å²) >= 11 is 0. The molecule has 2 aliphatic rings. The second-order valence-electron chi connectivity index (χ2n) is 6.65. The molecule has 0 N–H and O–H groups in total. The Bertz CT molecular complexity index is 606. The Balaban J connectivity index is 1.55. The molecule has 6 nitrogen and oxygen atoms in total. The summed E-state index contributed by atoms with van der Waals surface area (Å²) in [6.45, 7) is 4.33. The third kappa shape index (κ3) is 3.63. The van der Waals surface area contributed by atoms with Gasteiger partial charge in [-0.2, -0.15) is 0 Å². The van der Waals surface area contributed by atoms with Gasteiger partial charge in [0.15, 0.2) is 0 Å². The van der Waals surface area contributed by atoms with Gasteiger partial charge in [0.2, 0.25) is 10.0 Å². The first-order valence-corrected chi connectivity index (χ1v) is 9.89. The first-order valence-electron chi connectivity index (χ1n) is 8.28. The average Bonchev–Trinajstić information content (AvgIpc) is 3.18. The molecule has 0 saturated carbocycles. The van der Waals surface area contributed by atoms with E-state index in [2.05, 4.69) is 11.9 Å². The summed E-state index contributed by atoms with van der Waals surface area (Å²) in [6.07, 6.45) is 4.23. The van der Waals surface area contributed by atoms with E-state index >= 15 is 0 Å². The predicted molar refractivity (Wildman–Crippen MR) is 87.5 cm³/mol. The lowest BCUT2D eigenvalue weighted by Crippen LogP contribution is -2.47. The monoisotopic (exact) mass is 342 g/mol. The smallest absolute Gasteiger partial charge is 0.213 e. The third-order valence-corrected chi connectivity index (χ3v) is 7.07. The number of rotatable bonds is 5. The van der Waals surface area contributed by atoms with Gasteiger partial charge in [-0.05, 0) is 45.4 Å². The highest BCUT2D eigenvalue weighted by atomic mass is 32.2. The number of hydrogen-bond acceptors (Lipinski definition) is 5. The van der Waals surface area contributed by atoms with Crippen LogP contribution in [0.25, 0.3) is 0 Å². The van der Waals surface area contributed by atoms with Crippen molar-refractivity contribution in [2.45, 2.75) is 44.4 Å². The van der Waals surface area contributed by atoms with Gasteiger partial charge in [-0.15, -0.1) is 0 Å². The SMILES string of the molecule is CCS(=O)(=O)N1CCC2(CC1)C[C@@H](N(C)Cc1ccco1)CO2. The second-order valence-corrected chi connectivity index (χ2v) is 8.90. The number of nitrogens with zero attached hydrogens (tertiary/aromatic N) is 2. The average molecular weight is 342 g/mol. The van der Waals surface area contributed by atoms with E-state index in [1.807, 2.05) is 12.1 Å². The maximum Gasteiger partial charge on any atom is 0.213 e. The molecule has 1 aromatic rings. The van der Waals surface area contributed by atoms with Gasteiger partial charge >= 0.3 is 0 Å². The van der Waals surface area contributed by atoms with E-state index in [1.165, 1.54) is 0 Å². The van der Waals surface area contributed by atoms with Gasteiger partial charge in [-0.25, -0.2) is 12.7 Å². The zero-order chi connectivity index (χ0) is 16.5. The van der Waals surface area contributed by atoms with Crippen molar-refractivity contribution >= 4 is 10.0 Å². The number of ether oxygens (including phenoxy) is 1. The van der Waals surface area contributed by atoms with Crippen LogP contribution in [0.15, 0.2) is 22.8 Å². The number of sulfonamides is 1. The molecule has 3 rings (SSSR count). The number of piperidine rings is 1. The highest BCUT2D eigenvalue weighted by Crippen LogP contribution is 2.38. The van der Waals surface area contributed by atoms with Crippen LogP contribution in [0.3, 0.4) is 0 Å². The van der Waals surface area contributed by atoms with E-state index in [0.29, 0.717) is 25.7 Å². The van der Waals surface area contributed by atoms with Gasteiger partial charge in [-0.1, -0.05) is 0 Å². The fourth-order valence-corrected chi connectivity index (χ4v) is 4.69. The Morgan fingerprint density at radius 1 is 1.39 bits per heavy atom. The molecule has 23 heavy (non-hydrogen) atoms. The van der Waals surface area contributed by atoms with Crippen LogP contribution in [0.2, 0.25) is 0 Å². The van der Waals surface area contributed by atoms with Crippen LogP contribution < -0.4 is 0 Å². The van der Waals surface area contributed by atoms with Gasteiger partial charge < -0.3 is 9.15 Å². The van der Waals surface area contributed by atoms with Crippen molar-refractivity contribution in [3.8, 4) is 0 Å². The fourth-order valence-electron chi connectivity index (χ4n) is 3.58. The Kier molecular flexibility index (Phi) is 4.83. The Morgan fingerprint density at radius 2 is 2.13 bits per heavy atom. The van der Waals surface area contributed by atoms with E-state index in [-0.39, 0.29) is 11.4 Å². The summed E-state index contributed by atoms with van der Waals surface area (Å²) in [5.41, 5.74) is -0.151. The molecule has 1 spiro atoms. The first kappa shape index (κ1) is 17.0. The third-order valence-electron chi connectivity index (χ3n) is 5.19. The summed E-state index contributed by atoms with van der Waals surface area (Å²) in [4.78, 5) is 2.27. The molecule has 2 aliphatic heterocycles. The molecule has 1 aromatic heterocycles. The molecule has 2 saturated heterocycles. The van der Waals surface area contributed by atoms with E-state index in [4.69, 9.17) is 9.15 Å². The van der Waals surface area contributed by atoms with Crippen molar-refractivity contribution < 1.29 is 17.6 Å². The molecule has 0 aliphatic carbocycles. The maximum atomic E-state index is 12.0. The van der Waals surface area contributed by atoms with Crippen LogP contribution in [0, 0.1) is 0 Å². The molecule has 0 bridgehead atoms. The number of furan rings is 1. The van der Waals surface area contributed by atoms with Crippen LogP contribution in [0.5, 0.6) is 0 Å². The molecule has 0 radical (unpaired) electrons. The normalized spacial score (nSPS) is 25.4. The van der Waals surface area contributed by atoms with Crippen LogP contribution in [-0.2, 0) is 21.3 Å². The minimum absolute atomic E-state index is 0.151. The van der Waals surface area contributed by atoms with E-state index in [0.717, 1.165) is 31.6 Å². The lowest BCUT2D eigenvalue weighted by Gasteiger charge is -2.38. The summed E-state index contributed by atoms with van der Waals surface area (Å²) < 4.78 is 37.1. The summed E-state index contributed by atoms with van der Waals surface area (Å²) in [6, 6.07) is 4.24. The summed E-state index contributed by atoms with van der Waals surface area (Å²) in [5, 5.41) is 0. The second kappa shape index (κ2) is 6.55. The molecule has 0 amide bonds. The fraction of sp³-hybridized carbons (Fsp3) is 0.750. The van der Waals surface area contributed by atoms with Crippen LogP contribution in [0.4, 0.5) is 0 Å². The molecule has 0 aromatic carbocycles. The first-order chi connectivity index (χ1) is 10.9. The molecule has 130 valence electrons. The summed E-state index contributed by atoms with van der Waals surface area (Å²) in [5.74, 6) is 1.13. The summed E-state index contributed by atoms with van der Waals surface area (Å²) in [7, 11) is -0.987. The largest absolute Gasteiger partial charge is 0.468 e. The van der Waals surface area contributed by atoms with Crippen LogP contribution in [0.1, 0.15) is 31.9 Å². The van der Waals surface area contributed by atoms with Gasteiger partial charge in [0, 0.05) is 19.1 Å². The van der Waals surface area contributed by atoms with Gasteiger partial charge in [0.05, 0.1) is 30.8 Å². The van der Waals surface area contributed by atoms with Crippen molar-refractivity contribution in [2.24, 2.45) is 0 Å². The molecule has 3 heterocycles. The van der Waals surface area contributed by atoms with Crippen LogP contribution >= 0.6 is 0 Å². The minimum atomic E-state index is -3.08. The minimum Gasteiger partial charge on any atom is -0.468 e. The predicted octanol–water partition coefficient (Wildman–Crippen LogP) is 1.68. The zero-order valence-electron chi connectivity index (χ0n) is 13.9. The Labute approximate surface area is 138 Å². The van der Waals surface area contributed by atoms with Crippen molar-refractivity contribution in [3.05, 3.63) is 24.2 Å². The van der Waals surface area contributed by atoms with Crippen molar-refractivity contribution in [3.63, 3.8) is 0 Å². The molecule has 0 unspecified atom stereocenters. The topological polar surface area (TPSA) is 63.0 Å². The Morgan fingerprint density at radius 3 is 2.74 bits per heavy atom. The van der Waals surface area contributed by atoms with Gasteiger partial charge in [0.1, 0.15) is 5.76 Å².